The number of amides is 1. The summed E-state index contributed by atoms with van der Waals surface area (Å²) in [5, 5.41) is 3.37. The van der Waals surface area contributed by atoms with Gasteiger partial charge in [0.2, 0.25) is 0 Å². The smallest absolute Gasteiger partial charge is 0.264 e. The molecule has 2 aromatic carbocycles. The minimum atomic E-state index is -0.177. The van der Waals surface area contributed by atoms with Crippen LogP contribution >= 0.6 is 12.2 Å². The fourth-order valence-corrected chi connectivity index (χ4v) is 3.31. The molecule has 2 aromatic rings. The van der Waals surface area contributed by atoms with Crippen molar-refractivity contribution in [3.8, 4) is 11.5 Å². The molecular weight excluding hydrogens is 372 g/mol. The summed E-state index contributed by atoms with van der Waals surface area (Å²) in [6.07, 6.45) is 2.27. The zero-order valence-corrected chi connectivity index (χ0v) is 17.1. The van der Waals surface area contributed by atoms with Gasteiger partial charge in [0.15, 0.2) is 0 Å². The predicted octanol–water partition coefficient (Wildman–Crippen LogP) is 4.73. The third-order valence-corrected chi connectivity index (χ3v) is 5.13. The normalized spacial score (nSPS) is 14.4. The minimum Gasteiger partial charge on any atom is -0.494 e. The number of ether oxygens (including phenoxy) is 2. The quantitative estimate of drug-likeness (QED) is 0.738. The van der Waals surface area contributed by atoms with E-state index in [0.717, 1.165) is 37.6 Å². The first-order valence-corrected chi connectivity index (χ1v) is 10.1. The number of anilines is 1. The summed E-state index contributed by atoms with van der Waals surface area (Å²) in [7, 11) is 0. The lowest BCUT2D eigenvalue weighted by Crippen LogP contribution is -2.39. The molecule has 0 saturated carbocycles. The van der Waals surface area contributed by atoms with E-state index in [1.807, 2.05) is 31.2 Å². The number of rotatable bonds is 5. The SMILES string of the molecule is CCOc1ccc(NC(=O)c2ccc(OC(=S)N3CCC(C)CC3)cc2)cc1. The predicted molar refractivity (Wildman–Crippen MR) is 115 cm³/mol. The average molecular weight is 399 g/mol. The lowest BCUT2D eigenvalue weighted by Gasteiger charge is -2.31. The van der Waals surface area contributed by atoms with Crippen molar-refractivity contribution in [2.24, 2.45) is 5.92 Å². The van der Waals surface area contributed by atoms with Crippen molar-refractivity contribution in [2.75, 3.05) is 25.0 Å². The second-order valence-corrected chi connectivity index (χ2v) is 7.32. The van der Waals surface area contributed by atoms with E-state index in [9.17, 15) is 4.79 Å². The Morgan fingerprint density at radius 2 is 1.68 bits per heavy atom. The number of carbonyl (C=O) groups is 1. The Morgan fingerprint density at radius 1 is 1.07 bits per heavy atom. The van der Waals surface area contributed by atoms with Crippen LogP contribution in [0.3, 0.4) is 0 Å². The number of hydrogen-bond donors (Lipinski definition) is 1. The first-order valence-electron chi connectivity index (χ1n) is 9.66. The van der Waals surface area contributed by atoms with Gasteiger partial charge in [-0.25, -0.2) is 0 Å². The standard InChI is InChI=1S/C22H26N2O3S/c1-3-26-19-10-6-18(7-11-19)23-21(25)17-4-8-20(9-5-17)27-22(28)24-14-12-16(2)13-15-24/h4-11,16H,3,12-15H2,1-2H3,(H,23,25). The summed E-state index contributed by atoms with van der Waals surface area (Å²) in [5.74, 6) is 1.98. The number of nitrogens with zero attached hydrogens (tertiary/aromatic N) is 1. The molecule has 3 rings (SSSR count). The van der Waals surface area contributed by atoms with Gasteiger partial charge in [0.25, 0.3) is 11.1 Å². The summed E-state index contributed by atoms with van der Waals surface area (Å²) in [6.45, 7) is 6.67. The van der Waals surface area contributed by atoms with Gasteiger partial charge in [0.05, 0.1) is 6.61 Å². The highest BCUT2D eigenvalue weighted by atomic mass is 32.1. The highest BCUT2D eigenvalue weighted by Gasteiger charge is 2.19. The van der Waals surface area contributed by atoms with Crippen molar-refractivity contribution in [3.05, 3.63) is 54.1 Å². The highest BCUT2D eigenvalue weighted by Crippen LogP contribution is 2.20. The van der Waals surface area contributed by atoms with E-state index >= 15 is 0 Å². The van der Waals surface area contributed by atoms with Gasteiger partial charge in [-0.15, -0.1) is 0 Å². The van der Waals surface area contributed by atoms with E-state index in [2.05, 4.69) is 17.1 Å². The Morgan fingerprint density at radius 3 is 2.29 bits per heavy atom. The second-order valence-electron chi connectivity index (χ2n) is 6.97. The van der Waals surface area contributed by atoms with Crippen molar-refractivity contribution >= 4 is 29.0 Å². The van der Waals surface area contributed by atoms with E-state index in [-0.39, 0.29) is 5.91 Å². The van der Waals surface area contributed by atoms with E-state index in [0.29, 0.717) is 28.8 Å². The van der Waals surface area contributed by atoms with Crippen LogP contribution in [-0.4, -0.2) is 35.7 Å². The molecule has 1 aliphatic rings. The number of piperidine rings is 1. The molecule has 5 nitrogen and oxygen atoms in total. The van der Waals surface area contributed by atoms with Crippen LogP contribution in [0.15, 0.2) is 48.5 Å². The maximum atomic E-state index is 12.4. The Balaban J connectivity index is 1.54. The molecule has 1 aliphatic heterocycles. The van der Waals surface area contributed by atoms with Crippen molar-refractivity contribution < 1.29 is 14.3 Å². The van der Waals surface area contributed by atoms with E-state index in [1.165, 1.54) is 0 Å². The van der Waals surface area contributed by atoms with E-state index < -0.39 is 0 Å². The molecule has 0 aliphatic carbocycles. The lowest BCUT2D eigenvalue weighted by atomic mass is 10.00. The average Bonchev–Trinajstić information content (AvgIpc) is 2.70. The third-order valence-electron chi connectivity index (χ3n) is 4.79. The molecule has 1 saturated heterocycles. The molecule has 0 aromatic heterocycles. The van der Waals surface area contributed by atoms with Crippen LogP contribution < -0.4 is 14.8 Å². The van der Waals surface area contributed by atoms with Crippen LogP contribution in [0.4, 0.5) is 5.69 Å². The fraction of sp³-hybridized carbons (Fsp3) is 0.364. The molecule has 6 heteroatoms. The summed E-state index contributed by atoms with van der Waals surface area (Å²) in [6, 6.07) is 14.3. The van der Waals surface area contributed by atoms with E-state index in [4.69, 9.17) is 21.7 Å². The summed E-state index contributed by atoms with van der Waals surface area (Å²) < 4.78 is 11.2. The molecule has 0 atom stereocenters. The maximum absolute atomic E-state index is 12.4. The fourth-order valence-electron chi connectivity index (χ4n) is 3.04. The summed E-state index contributed by atoms with van der Waals surface area (Å²) in [4.78, 5) is 14.5. The molecule has 148 valence electrons. The number of carbonyl (C=O) groups excluding carboxylic acids is 1. The monoisotopic (exact) mass is 398 g/mol. The van der Waals surface area contributed by atoms with Gasteiger partial charge in [-0.3, -0.25) is 4.79 Å². The van der Waals surface area contributed by atoms with Gasteiger partial charge in [0.1, 0.15) is 11.5 Å². The Kier molecular flexibility index (Phi) is 6.87. The van der Waals surface area contributed by atoms with Crippen LogP contribution in [-0.2, 0) is 0 Å². The van der Waals surface area contributed by atoms with Crippen LogP contribution in [0.5, 0.6) is 11.5 Å². The Bertz CT molecular complexity index is 798. The molecule has 1 heterocycles. The number of benzene rings is 2. The van der Waals surface area contributed by atoms with Crippen molar-refractivity contribution in [1.29, 1.82) is 0 Å². The largest absolute Gasteiger partial charge is 0.494 e. The molecule has 1 amide bonds. The first kappa shape index (κ1) is 20.1. The second kappa shape index (κ2) is 9.55. The van der Waals surface area contributed by atoms with Crippen LogP contribution in [0.1, 0.15) is 37.0 Å². The molecule has 0 spiro atoms. The molecular formula is C22H26N2O3S. The number of nitrogens with one attached hydrogen (secondary N) is 1. The molecule has 1 fully saturated rings. The summed E-state index contributed by atoms with van der Waals surface area (Å²) in [5.41, 5.74) is 1.27. The topological polar surface area (TPSA) is 50.8 Å². The van der Waals surface area contributed by atoms with Crippen LogP contribution in [0, 0.1) is 5.92 Å². The Labute approximate surface area is 171 Å². The summed E-state index contributed by atoms with van der Waals surface area (Å²) >= 11 is 5.41. The first-order chi connectivity index (χ1) is 13.5. The maximum Gasteiger partial charge on any atom is 0.264 e. The zero-order valence-electron chi connectivity index (χ0n) is 16.3. The van der Waals surface area contributed by atoms with E-state index in [1.54, 1.807) is 24.3 Å². The molecule has 0 radical (unpaired) electrons. The van der Waals surface area contributed by atoms with Gasteiger partial charge in [-0.2, -0.15) is 0 Å². The van der Waals surface area contributed by atoms with Gasteiger partial charge >= 0.3 is 0 Å². The highest BCUT2D eigenvalue weighted by molar-refractivity contribution is 7.80. The third kappa shape index (κ3) is 5.45. The van der Waals surface area contributed by atoms with Gasteiger partial charge in [0, 0.05) is 24.3 Å². The number of hydrogen-bond acceptors (Lipinski definition) is 4. The van der Waals surface area contributed by atoms with Crippen molar-refractivity contribution in [2.45, 2.75) is 26.7 Å². The lowest BCUT2D eigenvalue weighted by molar-refractivity contribution is 0.102. The van der Waals surface area contributed by atoms with Gasteiger partial charge in [-0.05, 0) is 86.4 Å². The number of thiocarbonyl (C=S) groups is 1. The van der Waals surface area contributed by atoms with Crippen molar-refractivity contribution in [1.82, 2.24) is 4.90 Å². The minimum absolute atomic E-state index is 0.177. The molecule has 0 unspecified atom stereocenters. The molecule has 1 N–H and O–H groups in total. The van der Waals surface area contributed by atoms with Crippen LogP contribution in [0.25, 0.3) is 0 Å². The zero-order chi connectivity index (χ0) is 19.9. The molecule has 0 bridgehead atoms. The van der Waals surface area contributed by atoms with Crippen LogP contribution in [0.2, 0.25) is 0 Å². The Hall–Kier alpha value is -2.60. The van der Waals surface area contributed by atoms with Gasteiger partial charge < -0.3 is 19.7 Å². The number of likely N-dealkylation sites (tertiary alicyclic amines) is 1. The molecule has 28 heavy (non-hydrogen) atoms. The van der Waals surface area contributed by atoms with Gasteiger partial charge in [-0.1, -0.05) is 6.92 Å². The van der Waals surface area contributed by atoms with Crippen molar-refractivity contribution in [3.63, 3.8) is 0 Å².